The Morgan fingerprint density at radius 1 is 1.17 bits per heavy atom. The van der Waals surface area contributed by atoms with Gasteiger partial charge < -0.3 is 9.84 Å². The lowest BCUT2D eigenvalue weighted by molar-refractivity contribution is 0.281. The van der Waals surface area contributed by atoms with E-state index >= 15 is 0 Å². The van der Waals surface area contributed by atoms with Crippen LogP contribution in [0.25, 0.3) is 0 Å². The van der Waals surface area contributed by atoms with Crippen molar-refractivity contribution < 1.29 is 9.84 Å². The molecule has 18 heavy (non-hydrogen) atoms. The molecule has 0 fully saturated rings. The molecule has 1 N–H and O–H groups in total. The van der Waals surface area contributed by atoms with Crippen LogP contribution in [0.5, 0.6) is 5.75 Å². The fourth-order valence-electron chi connectivity index (χ4n) is 1.74. The van der Waals surface area contributed by atoms with Crippen LogP contribution in [-0.4, -0.2) is 12.2 Å². The van der Waals surface area contributed by atoms with Crippen LogP contribution in [-0.2, 0) is 6.61 Å². The number of aliphatic hydroxyl groups excluding tert-OH is 1. The normalized spacial score (nSPS) is 10.4. The van der Waals surface area contributed by atoms with E-state index in [0.717, 1.165) is 26.7 Å². The summed E-state index contributed by atoms with van der Waals surface area (Å²) in [7, 11) is 1.68. The summed E-state index contributed by atoms with van der Waals surface area (Å²) in [4.78, 5) is 2.24. The molecule has 2 aromatic carbocycles. The van der Waals surface area contributed by atoms with Gasteiger partial charge in [0.05, 0.1) is 18.6 Å². The second-order valence-electron chi connectivity index (χ2n) is 4.00. The first kappa shape index (κ1) is 13.0. The lowest BCUT2D eigenvalue weighted by Gasteiger charge is -2.09. The molecule has 3 heteroatoms. The first-order chi connectivity index (χ1) is 8.74. The van der Waals surface area contributed by atoms with Gasteiger partial charge in [0.15, 0.2) is 0 Å². The van der Waals surface area contributed by atoms with Crippen molar-refractivity contribution in [2.45, 2.75) is 23.3 Å². The SMILES string of the molecule is COc1ccccc1Sc1ccc(CO)c(C)c1. The number of ether oxygens (including phenoxy) is 1. The Morgan fingerprint density at radius 3 is 2.61 bits per heavy atom. The van der Waals surface area contributed by atoms with Crippen LogP contribution in [0.3, 0.4) is 0 Å². The summed E-state index contributed by atoms with van der Waals surface area (Å²) < 4.78 is 5.33. The molecule has 0 aromatic heterocycles. The average molecular weight is 260 g/mol. The van der Waals surface area contributed by atoms with Crippen LogP contribution in [0.4, 0.5) is 0 Å². The van der Waals surface area contributed by atoms with Crippen LogP contribution in [0.2, 0.25) is 0 Å². The molecular weight excluding hydrogens is 244 g/mol. The molecule has 94 valence electrons. The van der Waals surface area contributed by atoms with Gasteiger partial charge in [-0.05, 0) is 42.3 Å². The fraction of sp³-hybridized carbons (Fsp3) is 0.200. The Morgan fingerprint density at radius 2 is 1.94 bits per heavy atom. The molecule has 0 amide bonds. The number of aryl methyl sites for hydroxylation is 1. The van der Waals surface area contributed by atoms with E-state index in [1.54, 1.807) is 18.9 Å². The van der Waals surface area contributed by atoms with Crippen molar-refractivity contribution in [3.63, 3.8) is 0 Å². The Hall–Kier alpha value is -1.45. The van der Waals surface area contributed by atoms with Gasteiger partial charge >= 0.3 is 0 Å². The standard InChI is InChI=1S/C15H16O2S/c1-11-9-13(8-7-12(11)10-16)18-15-6-4-3-5-14(15)17-2/h3-9,16H,10H2,1-2H3. The Bertz CT molecular complexity index is 538. The highest BCUT2D eigenvalue weighted by Gasteiger charge is 2.05. The highest BCUT2D eigenvalue weighted by Crippen LogP contribution is 2.35. The molecular formula is C15H16O2S. The van der Waals surface area contributed by atoms with Crippen LogP contribution in [0, 0.1) is 6.92 Å². The number of rotatable bonds is 4. The van der Waals surface area contributed by atoms with Crippen molar-refractivity contribution in [2.24, 2.45) is 0 Å². The predicted octanol–water partition coefficient (Wildman–Crippen LogP) is 3.65. The van der Waals surface area contributed by atoms with Gasteiger partial charge in [-0.15, -0.1) is 0 Å². The third-order valence-electron chi connectivity index (χ3n) is 2.78. The molecule has 0 saturated carbocycles. The Balaban J connectivity index is 2.26. The zero-order valence-corrected chi connectivity index (χ0v) is 11.3. The largest absolute Gasteiger partial charge is 0.496 e. The summed E-state index contributed by atoms with van der Waals surface area (Å²) in [6.45, 7) is 2.10. The van der Waals surface area contributed by atoms with E-state index in [1.165, 1.54) is 0 Å². The van der Waals surface area contributed by atoms with E-state index in [-0.39, 0.29) is 6.61 Å². The molecule has 2 rings (SSSR count). The maximum absolute atomic E-state index is 9.15. The van der Waals surface area contributed by atoms with Gasteiger partial charge in [0.25, 0.3) is 0 Å². The minimum atomic E-state index is 0.0887. The van der Waals surface area contributed by atoms with Gasteiger partial charge in [0.1, 0.15) is 5.75 Å². The first-order valence-corrected chi connectivity index (χ1v) is 6.57. The molecule has 0 spiro atoms. The number of para-hydroxylation sites is 1. The molecule has 0 aliphatic rings. The van der Waals surface area contributed by atoms with Crippen molar-refractivity contribution in [3.8, 4) is 5.75 Å². The maximum atomic E-state index is 9.15. The van der Waals surface area contributed by atoms with Gasteiger partial charge in [-0.3, -0.25) is 0 Å². The van der Waals surface area contributed by atoms with E-state index < -0.39 is 0 Å². The highest BCUT2D eigenvalue weighted by molar-refractivity contribution is 7.99. The fourth-order valence-corrected chi connectivity index (χ4v) is 2.76. The highest BCUT2D eigenvalue weighted by atomic mass is 32.2. The molecule has 0 unspecified atom stereocenters. The summed E-state index contributed by atoms with van der Waals surface area (Å²) in [6, 6.07) is 14.0. The molecule has 0 saturated heterocycles. The van der Waals surface area contributed by atoms with Gasteiger partial charge in [0.2, 0.25) is 0 Å². The van der Waals surface area contributed by atoms with Crippen LogP contribution in [0.1, 0.15) is 11.1 Å². The predicted molar refractivity (Wildman–Crippen MR) is 74.2 cm³/mol. The number of hydrogen-bond acceptors (Lipinski definition) is 3. The van der Waals surface area contributed by atoms with Crippen molar-refractivity contribution in [1.29, 1.82) is 0 Å². The summed E-state index contributed by atoms with van der Waals surface area (Å²) in [6.07, 6.45) is 0. The van der Waals surface area contributed by atoms with E-state index in [4.69, 9.17) is 9.84 Å². The van der Waals surface area contributed by atoms with Crippen molar-refractivity contribution in [3.05, 3.63) is 53.6 Å². The van der Waals surface area contributed by atoms with E-state index in [0.29, 0.717) is 0 Å². The maximum Gasteiger partial charge on any atom is 0.132 e. The van der Waals surface area contributed by atoms with Crippen molar-refractivity contribution in [2.75, 3.05) is 7.11 Å². The van der Waals surface area contributed by atoms with E-state index in [9.17, 15) is 0 Å². The Kier molecular flexibility index (Phi) is 4.28. The summed E-state index contributed by atoms with van der Waals surface area (Å²) in [5, 5.41) is 9.15. The second kappa shape index (κ2) is 5.94. The average Bonchev–Trinajstić information content (AvgIpc) is 2.39. The second-order valence-corrected chi connectivity index (χ2v) is 5.11. The molecule has 0 atom stereocenters. The van der Waals surface area contributed by atoms with Crippen LogP contribution >= 0.6 is 11.8 Å². The monoisotopic (exact) mass is 260 g/mol. The summed E-state index contributed by atoms with van der Waals surface area (Å²) in [5.74, 6) is 0.881. The third-order valence-corrected chi connectivity index (χ3v) is 3.83. The lowest BCUT2D eigenvalue weighted by atomic mass is 10.1. The van der Waals surface area contributed by atoms with Crippen LogP contribution in [0.15, 0.2) is 52.3 Å². The van der Waals surface area contributed by atoms with E-state index in [2.05, 4.69) is 6.07 Å². The minimum absolute atomic E-state index is 0.0887. The first-order valence-electron chi connectivity index (χ1n) is 5.76. The molecule has 0 radical (unpaired) electrons. The third kappa shape index (κ3) is 2.86. The molecule has 0 aliphatic heterocycles. The quantitative estimate of drug-likeness (QED) is 0.910. The van der Waals surface area contributed by atoms with Gasteiger partial charge in [0, 0.05) is 4.90 Å². The van der Waals surface area contributed by atoms with Crippen molar-refractivity contribution >= 4 is 11.8 Å². The zero-order valence-electron chi connectivity index (χ0n) is 10.5. The summed E-state index contributed by atoms with van der Waals surface area (Å²) in [5.41, 5.74) is 2.08. The molecule has 2 aromatic rings. The summed E-state index contributed by atoms with van der Waals surface area (Å²) >= 11 is 1.67. The number of aliphatic hydroxyl groups is 1. The number of methoxy groups -OCH3 is 1. The van der Waals surface area contributed by atoms with Gasteiger partial charge in [-0.25, -0.2) is 0 Å². The lowest BCUT2D eigenvalue weighted by Crippen LogP contribution is -1.89. The zero-order chi connectivity index (χ0) is 13.0. The molecule has 0 aliphatic carbocycles. The van der Waals surface area contributed by atoms with Gasteiger partial charge in [-0.2, -0.15) is 0 Å². The number of benzene rings is 2. The molecule has 0 heterocycles. The Labute approximate surface area is 112 Å². The topological polar surface area (TPSA) is 29.5 Å². The molecule has 2 nitrogen and oxygen atoms in total. The van der Waals surface area contributed by atoms with Crippen molar-refractivity contribution in [1.82, 2.24) is 0 Å². The minimum Gasteiger partial charge on any atom is -0.496 e. The van der Waals surface area contributed by atoms with Gasteiger partial charge in [-0.1, -0.05) is 30.0 Å². The van der Waals surface area contributed by atoms with Crippen LogP contribution < -0.4 is 4.74 Å². The number of hydrogen-bond donors (Lipinski definition) is 1. The van der Waals surface area contributed by atoms with E-state index in [1.807, 2.05) is 43.3 Å². The molecule has 0 bridgehead atoms. The smallest absolute Gasteiger partial charge is 0.132 e.